The van der Waals surface area contributed by atoms with Crippen molar-refractivity contribution in [1.82, 2.24) is 0 Å². The van der Waals surface area contributed by atoms with Crippen LogP contribution >= 0.6 is 0 Å². The van der Waals surface area contributed by atoms with Gasteiger partial charge in [0, 0.05) is 17.4 Å². The molecule has 0 aromatic heterocycles. The topological polar surface area (TPSA) is 21.6 Å². The van der Waals surface area contributed by atoms with Gasteiger partial charge in [-0.2, -0.15) is 0 Å². The Balaban J connectivity index is 0.891. The second-order valence-corrected chi connectivity index (χ2v) is 19.5. The average molecular weight is 884 g/mol. The summed E-state index contributed by atoms with van der Waals surface area (Å²) in [6, 6.07) is 66.5. The first-order chi connectivity index (χ1) is 34.2. The van der Waals surface area contributed by atoms with Crippen LogP contribution in [0, 0.1) is 11.8 Å². The Labute approximate surface area is 403 Å². The third kappa shape index (κ3) is 6.73. The van der Waals surface area contributed by atoms with Crippen LogP contribution in [-0.4, -0.2) is 18.0 Å². The molecule has 0 N–H and O–H groups in total. The van der Waals surface area contributed by atoms with Crippen molar-refractivity contribution < 1.29 is 4.74 Å². The minimum absolute atomic E-state index is 0.000838. The van der Waals surface area contributed by atoms with E-state index in [1.807, 2.05) is 0 Å². The number of hydrogen-bond donors (Lipinski definition) is 0. The van der Waals surface area contributed by atoms with E-state index in [0.29, 0.717) is 5.92 Å². The molecular weight excluding hydrogens is 835 g/mol. The number of fused-ring (bicyclic) bond motifs is 7. The molecule has 2 nitrogen and oxygen atoms in total. The molecule has 5 unspecified atom stereocenters. The van der Waals surface area contributed by atoms with Gasteiger partial charge in [0.15, 0.2) is 0 Å². The number of allylic oxidation sites excluding steroid dienone is 8. The second-order valence-electron chi connectivity index (χ2n) is 19.5. The molecule has 328 valence electrons. The molecule has 1 heterocycles. The van der Waals surface area contributed by atoms with Crippen molar-refractivity contribution in [2.45, 2.75) is 37.3 Å². The van der Waals surface area contributed by atoms with E-state index in [1.54, 1.807) is 0 Å². The number of ether oxygens (including phenoxy) is 1. The molecule has 0 amide bonds. The van der Waals surface area contributed by atoms with Crippen molar-refractivity contribution in [3.05, 3.63) is 258 Å². The van der Waals surface area contributed by atoms with Crippen LogP contribution < -0.4 is 0 Å². The number of benzene rings is 9. The number of hydrogen-bond acceptors (Lipinski definition) is 2. The first-order valence-corrected chi connectivity index (χ1v) is 24.8. The van der Waals surface area contributed by atoms with Crippen molar-refractivity contribution in [3.63, 3.8) is 0 Å². The predicted octanol–water partition coefficient (Wildman–Crippen LogP) is 17.0. The van der Waals surface area contributed by atoms with Crippen LogP contribution in [0.15, 0.2) is 247 Å². The van der Waals surface area contributed by atoms with E-state index in [2.05, 4.69) is 231 Å². The van der Waals surface area contributed by atoms with Crippen molar-refractivity contribution in [2.75, 3.05) is 0 Å². The maximum absolute atomic E-state index is 6.32. The van der Waals surface area contributed by atoms with Gasteiger partial charge in [-0.25, -0.2) is 4.99 Å². The lowest BCUT2D eigenvalue weighted by molar-refractivity contribution is 0.255. The Morgan fingerprint density at radius 3 is 1.93 bits per heavy atom. The minimum atomic E-state index is -0.000838. The Kier molecular flexibility index (Phi) is 9.47. The molecule has 5 aliphatic rings. The number of rotatable bonds is 6. The smallest absolute Gasteiger partial charge is 0.217 e. The largest absolute Gasteiger partial charge is 0.467 e. The van der Waals surface area contributed by atoms with Crippen molar-refractivity contribution in [1.29, 1.82) is 0 Å². The first kappa shape index (κ1) is 40.0. The highest BCUT2D eigenvalue weighted by Crippen LogP contribution is 2.53. The second kappa shape index (κ2) is 16.3. The molecule has 0 radical (unpaired) electrons. The molecule has 1 aliphatic heterocycles. The fraction of sp³-hybridized carbons (Fsp3) is 0.119. The van der Waals surface area contributed by atoms with Crippen molar-refractivity contribution in [3.8, 4) is 33.4 Å². The highest BCUT2D eigenvalue weighted by molar-refractivity contribution is 6.22. The zero-order valence-corrected chi connectivity index (χ0v) is 38.3. The maximum atomic E-state index is 6.32. The quantitative estimate of drug-likeness (QED) is 0.153. The van der Waals surface area contributed by atoms with E-state index in [9.17, 15) is 0 Å². The Hall–Kier alpha value is -8.07. The van der Waals surface area contributed by atoms with Gasteiger partial charge in [-0.3, -0.25) is 0 Å². The lowest BCUT2D eigenvalue weighted by Gasteiger charge is -2.40. The summed E-state index contributed by atoms with van der Waals surface area (Å²) in [6.07, 6.45) is 23.4. The van der Waals surface area contributed by atoms with Gasteiger partial charge in [0.05, 0.1) is 0 Å². The van der Waals surface area contributed by atoms with Crippen molar-refractivity contribution >= 4 is 54.6 Å². The minimum Gasteiger partial charge on any atom is -0.467 e. The van der Waals surface area contributed by atoms with Crippen LogP contribution in [0.1, 0.15) is 41.9 Å². The fourth-order valence-corrected chi connectivity index (χ4v) is 12.4. The molecule has 5 atom stereocenters. The van der Waals surface area contributed by atoms with Gasteiger partial charge in [-0.05, 0) is 154 Å². The summed E-state index contributed by atoms with van der Waals surface area (Å²) in [5.41, 5.74) is 15.8. The molecule has 0 saturated heterocycles. The standard InChI is InChI=1S/C67H49NO/c1-3-16-46-38-51(34-28-42(46)14-1)65-57-24-9-10-25-58(57)66(52-35-29-43-15-2-4-17-47(43)39-52)60-41-49(36-37-59(60)65)48-18-13-19-50(40-48)64-55-22-7-5-20-53(55)63(54-21-6-8-23-56(54)64)44-30-32-45(33-31-44)67-68-61-26-11-12-27-62(61)69-67/h1-7,9-22,24-30,32-41,44,56,61-62,64H,8,23,31H2. The van der Waals surface area contributed by atoms with Gasteiger partial charge < -0.3 is 4.74 Å². The predicted molar refractivity (Wildman–Crippen MR) is 290 cm³/mol. The zero-order valence-electron chi connectivity index (χ0n) is 38.3. The van der Waals surface area contributed by atoms with Gasteiger partial charge in [0.25, 0.3) is 0 Å². The molecule has 0 fully saturated rings. The molecule has 2 heteroatoms. The summed E-state index contributed by atoms with van der Waals surface area (Å²) < 4.78 is 6.32. The van der Waals surface area contributed by atoms with Crippen LogP contribution in [0.25, 0.3) is 82.0 Å². The summed E-state index contributed by atoms with van der Waals surface area (Å²) in [6.45, 7) is 0. The van der Waals surface area contributed by atoms with E-state index < -0.39 is 0 Å². The molecule has 0 bridgehead atoms. The summed E-state index contributed by atoms with van der Waals surface area (Å²) in [5, 5.41) is 10.1. The van der Waals surface area contributed by atoms with Crippen LogP contribution in [0.4, 0.5) is 0 Å². The van der Waals surface area contributed by atoms with Crippen LogP contribution in [-0.2, 0) is 4.74 Å². The monoisotopic (exact) mass is 883 g/mol. The van der Waals surface area contributed by atoms with Crippen LogP contribution in [0.2, 0.25) is 0 Å². The molecule has 4 aliphatic carbocycles. The molecule has 9 aromatic rings. The molecule has 69 heavy (non-hydrogen) atoms. The molecular formula is C67H49NO. The number of aliphatic imine (C=N–C) groups is 1. The normalized spacial score (nSPS) is 21.3. The van der Waals surface area contributed by atoms with E-state index in [4.69, 9.17) is 9.73 Å². The van der Waals surface area contributed by atoms with E-state index in [0.717, 1.165) is 30.7 Å². The van der Waals surface area contributed by atoms with Gasteiger partial charge in [-0.1, -0.05) is 206 Å². The van der Waals surface area contributed by atoms with Crippen LogP contribution in [0.5, 0.6) is 0 Å². The SMILES string of the molecule is C1=CC2N=C(C3=CCC(C4=C5C=CCCC5C(c5cccc(-c6ccc7c(-c8ccc9ccccc9c8)c8ccccc8c(-c8ccc9ccccc9c8)c7c6)c5)c5ccccc54)C=C3)OC2C=C1. The Morgan fingerprint density at radius 2 is 1.17 bits per heavy atom. The summed E-state index contributed by atoms with van der Waals surface area (Å²) in [4.78, 5) is 4.94. The van der Waals surface area contributed by atoms with Gasteiger partial charge in [0.1, 0.15) is 12.1 Å². The van der Waals surface area contributed by atoms with Crippen LogP contribution in [0.3, 0.4) is 0 Å². The van der Waals surface area contributed by atoms with E-state index >= 15 is 0 Å². The molecule has 0 spiro atoms. The maximum Gasteiger partial charge on any atom is 0.217 e. The van der Waals surface area contributed by atoms with Gasteiger partial charge in [-0.15, -0.1) is 0 Å². The average Bonchev–Trinajstić information content (AvgIpc) is 3.86. The van der Waals surface area contributed by atoms with E-state index in [1.165, 1.54) is 104 Å². The summed E-state index contributed by atoms with van der Waals surface area (Å²) in [7, 11) is 0. The highest BCUT2D eigenvalue weighted by Gasteiger charge is 2.39. The number of nitrogens with zero attached hydrogens (tertiary/aromatic N) is 1. The molecule has 9 aromatic carbocycles. The third-order valence-electron chi connectivity index (χ3n) is 15.6. The van der Waals surface area contributed by atoms with Crippen molar-refractivity contribution in [2.24, 2.45) is 16.8 Å². The van der Waals surface area contributed by atoms with Gasteiger partial charge in [0.2, 0.25) is 5.90 Å². The highest BCUT2D eigenvalue weighted by atomic mass is 16.5. The van der Waals surface area contributed by atoms with E-state index in [-0.39, 0.29) is 24.0 Å². The molecule has 0 saturated carbocycles. The lowest BCUT2D eigenvalue weighted by Crippen LogP contribution is -2.26. The fourth-order valence-electron chi connectivity index (χ4n) is 12.4. The Morgan fingerprint density at radius 1 is 0.507 bits per heavy atom. The first-order valence-electron chi connectivity index (χ1n) is 24.8. The molecule has 14 rings (SSSR count). The third-order valence-corrected chi connectivity index (χ3v) is 15.6. The Bertz CT molecular complexity index is 3830. The summed E-state index contributed by atoms with van der Waals surface area (Å²) in [5.74, 6) is 1.66. The van der Waals surface area contributed by atoms with Gasteiger partial charge >= 0.3 is 0 Å². The lowest BCUT2D eigenvalue weighted by atomic mass is 9.63. The zero-order chi connectivity index (χ0) is 45.4. The summed E-state index contributed by atoms with van der Waals surface area (Å²) >= 11 is 0.